The number of aryl methyl sites for hydroxylation is 2. The lowest BCUT2D eigenvalue weighted by molar-refractivity contribution is -0.132. The number of fused-ring (bicyclic) bond motifs is 1. The van der Waals surface area contributed by atoms with Gasteiger partial charge in [0.1, 0.15) is 0 Å². The van der Waals surface area contributed by atoms with Gasteiger partial charge in [-0.05, 0) is 67.6 Å². The number of nitrogens with two attached hydrogens (primary N) is 1. The second-order valence-electron chi connectivity index (χ2n) is 9.20. The van der Waals surface area contributed by atoms with Crippen LogP contribution in [0, 0.1) is 12.8 Å². The van der Waals surface area contributed by atoms with Crippen LogP contribution in [0.15, 0.2) is 79.8 Å². The number of hydrogen-bond donors (Lipinski definition) is 2. The number of rotatable bonds is 6. The summed E-state index contributed by atoms with van der Waals surface area (Å²) < 4.78 is 2.45. The summed E-state index contributed by atoms with van der Waals surface area (Å²) >= 11 is 0. The molecular formula is C29H35N5O. The molecule has 3 heterocycles. The van der Waals surface area contributed by atoms with Crippen LogP contribution in [0.25, 0.3) is 22.0 Å². The lowest BCUT2D eigenvalue weighted by Crippen LogP contribution is -2.39. The monoisotopic (exact) mass is 469 g/mol. The number of carbonyl (C=O) groups excluding carboxylic acids is 1. The number of nitrogens with zero attached hydrogens (tertiary/aromatic N) is 3. The fourth-order valence-corrected chi connectivity index (χ4v) is 4.92. The maximum atomic E-state index is 12.7. The standard InChI is InChI=1S/C27H30N4O.C2H5N/c1-20-15-24-16-23(25-17-28-29-18-25)8-9-26(24)31(20)19-22-11-13-30(14-12-22)27(32)10-7-21-5-3-2-4-6-21;1-2-3/h2-6,8-9,15-18,22H,7,10-14,19H2,1H3,(H,28,29);2H,1,3H2. The number of amides is 1. The van der Waals surface area contributed by atoms with Crippen LogP contribution in [-0.4, -0.2) is 38.7 Å². The van der Waals surface area contributed by atoms with Crippen LogP contribution in [-0.2, 0) is 17.8 Å². The quantitative estimate of drug-likeness (QED) is 0.402. The highest BCUT2D eigenvalue weighted by Crippen LogP contribution is 2.29. The van der Waals surface area contributed by atoms with Gasteiger partial charge in [0.2, 0.25) is 5.91 Å². The van der Waals surface area contributed by atoms with Crippen molar-refractivity contribution in [1.29, 1.82) is 0 Å². The Labute approximate surface area is 207 Å². The maximum absolute atomic E-state index is 12.7. The van der Waals surface area contributed by atoms with Gasteiger partial charge in [0, 0.05) is 54.4 Å². The second-order valence-corrected chi connectivity index (χ2v) is 9.20. The summed E-state index contributed by atoms with van der Waals surface area (Å²) in [6.07, 6.45) is 8.62. The molecule has 0 radical (unpaired) electrons. The van der Waals surface area contributed by atoms with E-state index in [2.05, 4.69) is 75.3 Å². The number of nitrogens with one attached hydrogen (secondary N) is 1. The summed E-state index contributed by atoms with van der Waals surface area (Å²) in [6, 6.07) is 19.2. The normalized spacial score (nSPS) is 13.9. The maximum Gasteiger partial charge on any atom is 0.222 e. The minimum Gasteiger partial charge on any atom is -0.405 e. The number of aromatic amines is 1. The van der Waals surface area contributed by atoms with Crippen molar-refractivity contribution < 1.29 is 4.79 Å². The Hall–Kier alpha value is -3.80. The molecular weight excluding hydrogens is 434 g/mol. The summed E-state index contributed by atoms with van der Waals surface area (Å²) in [5.41, 5.74) is 10.7. The average molecular weight is 470 g/mol. The van der Waals surface area contributed by atoms with Crippen molar-refractivity contribution in [3.05, 3.63) is 91.0 Å². The van der Waals surface area contributed by atoms with Crippen molar-refractivity contribution in [1.82, 2.24) is 19.7 Å². The Balaban J connectivity index is 0.000000917. The number of carbonyl (C=O) groups is 1. The number of likely N-dealkylation sites (tertiary alicyclic amines) is 1. The molecule has 2 aromatic carbocycles. The predicted octanol–water partition coefficient (Wildman–Crippen LogP) is 5.30. The first-order valence-corrected chi connectivity index (χ1v) is 12.3. The fourth-order valence-electron chi connectivity index (χ4n) is 4.92. The zero-order valence-corrected chi connectivity index (χ0v) is 20.5. The summed E-state index contributed by atoms with van der Waals surface area (Å²) in [4.78, 5) is 14.7. The summed E-state index contributed by atoms with van der Waals surface area (Å²) in [5.74, 6) is 0.901. The van der Waals surface area contributed by atoms with Gasteiger partial charge in [-0.1, -0.05) is 43.0 Å². The largest absolute Gasteiger partial charge is 0.405 e. The van der Waals surface area contributed by atoms with Gasteiger partial charge in [-0.2, -0.15) is 5.10 Å². The molecule has 0 aliphatic carbocycles. The Bertz CT molecular complexity index is 1240. The van der Waals surface area contributed by atoms with E-state index in [0.717, 1.165) is 44.5 Å². The van der Waals surface area contributed by atoms with E-state index < -0.39 is 0 Å². The van der Waals surface area contributed by atoms with Gasteiger partial charge in [-0.25, -0.2) is 0 Å². The van der Waals surface area contributed by atoms with Crippen LogP contribution in [0.5, 0.6) is 0 Å². The summed E-state index contributed by atoms with van der Waals surface area (Å²) in [7, 11) is 0. The highest BCUT2D eigenvalue weighted by Gasteiger charge is 2.23. The van der Waals surface area contributed by atoms with Crippen molar-refractivity contribution in [2.75, 3.05) is 13.1 Å². The SMILES string of the molecule is C=CN.Cc1cc2cc(-c3cn[nH]c3)ccc2n1CC1CCN(C(=O)CCc2ccccc2)CC1. The number of piperidine rings is 1. The third-order valence-corrected chi connectivity index (χ3v) is 6.82. The summed E-state index contributed by atoms with van der Waals surface area (Å²) in [5, 5.41) is 8.23. The molecule has 4 aromatic rings. The first-order chi connectivity index (χ1) is 17.1. The summed E-state index contributed by atoms with van der Waals surface area (Å²) in [6.45, 7) is 8.11. The van der Waals surface area contributed by atoms with Crippen molar-refractivity contribution in [2.45, 2.75) is 39.2 Å². The van der Waals surface area contributed by atoms with Gasteiger partial charge in [0.25, 0.3) is 0 Å². The molecule has 2 aromatic heterocycles. The van der Waals surface area contributed by atoms with Crippen molar-refractivity contribution in [2.24, 2.45) is 11.7 Å². The highest BCUT2D eigenvalue weighted by atomic mass is 16.2. The highest BCUT2D eigenvalue weighted by molar-refractivity contribution is 5.86. The second kappa shape index (κ2) is 11.6. The van der Waals surface area contributed by atoms with Gasteiger partial charge in [-0.3, -0.25) is 9.89 Å². The van der Waals surface area contributed by atoms with Crippen LogP contribution >= 0.6 is 0 Å². The van der Waals surface area contributed by atoms with Crippen molar-refractivity contribution in [3.63, 3.8) is 0 Å². The Morgan fingerprint density at radius 3 is 2.57 bits per heavy atom. The molecule has 5 rings (SSSR count). The van der Waals surface area contributed by atoms with E-state index in [1.54, 1.807) is 0 Å². The molecule has 182 valence electrons. The molecule has 3 N–H and O–H groups in total. The number of benzene rings is 2. The van der Waals surface area contributed by atoms with E-state index in [9.17, 15) is 4.79 Å². The van der Waals surface area contributed by atoms with Gasteiger partial charge >= 0.3 is 0 Å². The molecule has 1 fully saturated rings. The lowest BCUT2D eigenvalue weighted by atomic mass is 9.96. The van der Waals surface area contributed by atoms with E-state index in [0.29, 0.717) is 18.2 Å². The Morgan fingerprint density at radius 1 is 1.14 bits per heavy atom. The van der Waals surface area contributed by atoms with Gasteiger partial charge in [-0.15, -0.1) is 0 Å². The molecule has 1 amide bonds. The molecule has 6 heteroatoms. The van der Waals surface area contributed by atoms with E-state index in [-0.39, 0.29) is 0 Å². The molecule has 1 saturated heterocycles. The van der Waals surface area contributed by atoms with Gasteiger partial charge in [0.05, 0.1) is 6.20 Å². The molecule has 0 bridgehead atoms. The van der Waals surface area contributed by atoms with Crippen LogP contribution in [0.1, 0.15) is 30.5 Å². The molecule has 0 atom stereocenters. The Morgan fingerprint density at radius 2 is 1.89 bits per heavy atom. The zero-order valence-electron chi connectivity index (χ0n) is 20.5. The number of hydrogen-bond acceptors (Lipinski definition) is 3. The molecule has 0 spiro atoms. The topological polar surface area (TPSA) is 79.9 Å². The smallest absolute Gasteiger partial charge is 0.222 e. The molecule has 35 heavy (non-hydrogen) atoms. The minimum absolute atomic E-state index is 0.293. The average Bonchev–Trinajstić information content (AvgIpc) is 3.52. The first-order valence-electron chi connectivity index (χ1n) is 12.3. The van der Waals surface area contributed by atoms with Gasteiger partial charge in [0.15, 0.2) is 0 Å². The molecule has 0 unspecified atom stereocenters. The molecule has 1 aliphatic heterocycles. The molecule has 1 aliphatic rings. The number of H-pyrrole nitrogens is 1. The first kappa shape index (κ1) is 24.3. The zero-order chi connectivity index (χ0) is 24.6. The van der Waals surface area contributed by atoms with Crippen LogP contribution in [0.4, 0.5) is 0 Å². The Kier molecular flexibility index (Phi) is 8.03. The lowest BCUT2D eigenvalue weighted by Gasteiger charge is -2.32. The van der Waals surface area contributed by atoms with E-state index in [1.807, 2.05) is 30.6 Å². The van der Waals surface area contributed by atoms with Crippen molar-refractivity contribution >= 4 is 16.8 Å². The van der Waals surface area contributed by atoms with Gasteiger partial charge < -0.3 is 15.2 Å². The van der Waals surface area contributed by atoms with E-state index in [4.69, 9.17) is 0 Å². The van der Waals surface area contributed by atoms with Crippen LogP contribution in [0.2, 0.25) is 0 Å². The predicted molar refractivity (Wildman–Crippen MR) is 143 cm³/mol. The van der Waals surface area contributed by atoms with Crippen LogP contribution in [0.3, 0.4) is 0 Å². The van der Waals surface area contributed by atoms with E-state index >= 15 is 0 Å². The molecule has 0 saturated carbocycles. The van der Waals surface area contributed by atoms with Crippen molar-refractivity contribution in [3.8, 4) is 11.1 Å². The minimum atomic E-state index is 0.293. The number of aromatic nitrogens is 3. The third-order valence-electron chi connectivity index (χ3n) is 6.82. The third kappa shape index (κ3) is 6.01. The molecule has 6 nitrogen and oxygen atoms in total. The van der Waals surface area contributed by atoms with Crippen LogP contribution < -0.4 is 5.73 Å². The van der Waals surface area contributed by atoms with E-state index in [1.165, 1.54) is 33.9 Å². The fraction of sp³-hybridized carbons (Fsp3) is 0.310.